The Morgan fingerprint density at radius 2 is 1.97 bits per heavy atom. The molecule has 1 N–H and O–H groups in total. The SMILES string of the molecule is CC(C(=O)Nc1cc(Cl)ccc1Cl)N1CCCC(CN2CCN(c3ccccn3)CC2)C1. The molecule has 3 heterocycles. The van der Waals surface area contributed by atoms with E-state index in [0.29, 0.717) is 21.7 Å². The molecule has 0 saturated carbocycles. The maximum absolute atomic E-state index is 12.9. The van der Waals surface area contributed by atoms with Crippen LogP contribution in [0.5, 0.6) is 0 Å². The Balaban J connectivity index is 1.27. The molecular weight excluding hydrogens is 445 g/mol. The lowest BCUT2D eigenvalue weighted by molar-refractivity contribution is -0.121. The molecule has 0 aliphatic carbocycles. The van der Waals surface area contributed by atoms with Crippen LogP contribution in [0, 0.1) is 5.92 Å². The monoisotopic (exact) mass is 475 g/mol. The van der Waals surface area contributed by atoms with Crippen LogP contribution in [0.4, 0.5) is 11.5 Å². The summed E-state index contributed by atoms with van der Waals surface area (Å²) < 4.78 is 0. The zero-order valence-electron chi connectivity index (χ0n) is 18.5. The topological polar surface area (TPSA) is 51.7 Å². The predicted octanol–water partition coefficient (Wildman–Crippen LogP) is 4.25. The minimum absolute atomic E-state index is 0.0428. The first kappa shape index (κ1) is 23.3. The van der Waals surface area contributed by atoms with Gasteiger partial charge in [0.1, 0.15) is 5.82 Å². The van der Waals surface area contributed by atoms with Gasteiger partial charge in [-0.3, -0.25) is 14.6 Å². The number of amides is 1. The minimum Gasteiger partial charge on any atom is -0.354 e. The van der Waals surface area contributed by atoms with Crippen LogP contribution in [0.25, 0.3) is 0 Å². The quantitative estimate of drug-likeness (QED) is 0.676. The van der Waals surface area contributed by atoms with Crippen molar-refractivity contribution in [1.29, 1.82) is 0 Å². The van der Waals surface area contributed by atoms with E-state index in [4.69, 9.17) is 23.2 Å². The molecule has 2 fully saturated rings. The van der Waals surface area contributed by atoms with Crippen molar-refractivity contribution in [3.8, 4) is 0 Å². The lowest BCUT2D eigenvalue weighted by Gasteiger charge is -2.40. The molecule has 8 heteroatoms. The first-order chi connectivity index (χ1) is 15.5. The summed E-state index contributed by atoms with van der Waals surface area (Å²) in [5.41, 5.74) is 0.565. The second-order valence-electron chi connectivity index (χ2n) is 8.77. The van der Waals surface area contributed by atoms with Gasteiger partial charge in [-0.2, -0.15) is 0 Å². The summed E-state index contributed by atoms with van der Waals surface area (Å²) >= 11 is 12.3. The normalized spacial score (nSPS) is 21.3. The summed E-state index contributed by atoms with van der Waals surface area (Å²) in [5, 5.41) is 4.00. The molecule has 1 amide bonds. The summed E-state index contributed by atoms with van der Waals surface area (Å²) in [6.45, 7) is 9.06. The molecule has 2 aromatic rings. The lowest BCUT2D eigenvalue weighted by atomic mass is 9.95. The van der Waals surface area contributed by atoms with Gasteiger partial charge in [0.15, 0.2) is 0 Å². The number of nitrogens with one attached hydrogen (secondary N) is 1. The number of carbonyl (C=O) groups excluding carboxylic acids is 1. The molecule has 1 aromatic carbocycles. The number of anilines is 2. The third-order valence-corrected chi connectivity index (χ3v) is 7.09. The molecule has 2 aliphatic heterocycles. The molecule has 2 atom stereocenters. The average molecular weight is 476 g/mol. The van der Waals surface area contributed by atoms with Crippen molar-refractivity contribution in [3.05, 3.63) is 52.6 Å². The molecule has 4 rings (SSSR count). The van der Waals surface area contributed by atoms with E-state index in [-0.39, 0.29) is 11.9 Å². The number of likely N-dealkylation sites (tertiary alicyclic amines) is 1. The number of carbonyl (C=O) groups is 1. The molecule has 2 aliphatic rings. The van der Waals surface area contributed by atoms with Crippen molar-refractivity contribution >= 4 is 40.6 Å². The molecule has 2 unspecified atom stereocenters. The zero-order valence-corrected chi connectivity index (χ0v) is 20.0. The Bertz CT molecular complexity index is 905. The minimum atomic E-state index is -0.214. The van der Waals surface area contributed by atoms with Gasteiger partial charge in [-0.05, 0) is 62.6 Å². The first-order valence-corrected chi connectivity index (χ1v) is 12.1. The van der Waals surface area contributed by atoms with E-state index in [9.17, 15) is 4.79 Å². The Morgan fingerprint density at radius 1 is 1.16 bits per heavy atom. The summed E-state index contributed by atoms with van der Waals surface area (Å²) in [7, 11) is 0. The van der Waals surface area contributed by atoms with Gasteiger partial charge >= 0.3 is 0 Å². The Labute approximate surface area is 200 Å². The van der Waals surface area contributed by atoms with Gasteiger partial charge in [-0.15, -0.1) is 0 Å². The molecule has 32 heavy (non-hydrogen) atoms. The number of aromatic nitrogens is 1. The number of rotatable bonds is 6. The fourth-order valence-electron chi connectivity index (χ4n) is 4.66. The average Bonchev–Trinajstić information content (AvgIpc) is 2.82. The Kier molecular flexibility index (Phi) is 7.89. The first-order valence-electron chi connectivity index (χ1n) is 11.4. The number of hydrogen-bond acceptors (Lipinski definition) is 5. The Morgan fingerprint density at radius 3 is 2.72 bits per heavy atom. The molecular formula is C24H31Cl2N5O. The molecule has 1 aromatic heterocycles. The highest BCUT2D eigenvalue weighted by molar-refractivity contribution is 6.35. The van der Waals surface area contributed by atoms with Crippen LogP contribution < -0.4 is 10.2 Å². The fraction of sp³-hybridized carbons (Fsp3) is 0.500. The van der Waals surface area contributed by atoms with Crippen LogP contribution in [-0.4, -0.2) is 72.5 Å². The summed E-state index contributed by atoms with van der Waals surface area (Å²) in [4.78, 5) is 24.6. The van der Waals surface area contributed by atoms with Crippen LogP contribution in [0.15, 0.2) is 42.6 Å². The van der Waals surface area contributed by atoms with Crippen LogP contribution in [0.1, 0.15) is 19.8 Å². The highest BCUT2D eigenvalue weighted by Crippen LogP contribution is 2.26. The number of halogens is 2. The second kappa shape index (κ2) is 10.8. The van der Waals surface area contributed by atoms with Gasteiger partial charge < -0.3 is 10.2 Å². The van der Waals surface area contributed by atoms with E-state index in [2.05, 4.69) is 31.1 Å². The largest absolute Gasteiger partial charge is 0.354 e. The fourth-order valence-corrected chi connectivity index (χ4v) is 5.00. The van der Waals surface area contributed by atoms with E-state index in [1.807, 2.05) is 25.3 Å². The molecule has 0 bridgehead atoms. The third kappa shape index (κ3) is 5.93. The predicted molar refractivity (Wildman–Crippen MR) is 132 cm³/mol. The maximum atomic E-state index is 12.9. The van der Waals surface area contributed by atoms with Crippen molar-refractivity contribution in [2.75, 3.05) is 56.0 Å². The molecule has 0 spiro atoms. The van der Waals surface area contributed by atoms with E-state index in [1.165, 1.54) is 6.42 Å². The second-order valence-corrected chi connectivity index (χ2v) is 9.61. The van der Waals surface area contributed by atoms with Gasteiger partial charge in [0.05, 0.1) is 16.8 Å². The Hall–Kier alpha value is -1.86. The summed E-state index contributed by atoms with van der Waals surface area (Å²) in [6.07, 6.45) is 4.19. The standard InChI is InChI=1S/C24H31Cl2N5O/c1-18(24(32)28-22-15-20(25)7-8-21(22)26)31-10-4-5-19(17-31)16-29-11-13-30(14-12-29)23-6-2-3-9-27-23/h2-3,6-9,15,18-19H,4-5,10-14,16-17H2,1H3,(H,28,32). The smallest absolute Gasteiger partial charge is 0.241 e. The van der Waals surface area contributed by atoms with E-state index in [0.717, 1.165) is 58.1 Å². The van der Waals surface area contributed by atoms with Crippen molar-refractivity contribution in [2.45, 2.75) is 25.8 Å². The number of piperazine rings is 1. The van der Waals surface area contributed by atoms with Crippen molar-refractivity contribution in [1.82, 2.24) is 14.8 Å². The number of hydrogen-bond donors (Lipinski definition) is 1. The highest BCUT2D eigenvalue weighted by Gasteiger charge is 2.29. The van der Waals surface area contributed by atoms with Gasteiger partial charge in [0, 0.05) is 50.5 Å². The summed E-state index contributed by atoms with van der Waals surface area (Å²) in [6, 6.07) is 11.0. The molecule has 172 valence electrons. The molecule has 0 radical (unpaired) electrons. The van der Waals surface area contributed by atoms with Crippen molar-refractivity contribution in [3.63, 3.8) is 0 Å². The highest BCUT2D eigenvalue weighted by atomic mass is 35.5. The van der Waals surface area contributed by atoms with Crippen LogP contribution >= 0.6 is 23.2 Å². The number of piperidine rings is 1. The van der Waals surface area contributed by atoms with Crippen LogP contribution in [0.2, 0.25) is 10.0 Å². The van der Waals surface area contributed by atoms with E-state index >= 15 is 0 Å². The van der Waals surface area contributed by atoms with Gasteiger partial charge in [0.25, 0.3) is 0 Å². The van der Waals surface area contributed by atoms with Crippen LogP contribution in [0.3, 0.4) is 0 Å². The number of benzene rings is 1. The zero-order chi connectivity index (χ0) is 22.5. The van der Waals surface area contributed by atoms with Crippen molar-refractivity contribution in [2.24, 2.45) is 5.92 Å². The third-order valence-electron chi connectivity index (χ3n) is 6.53. The van der Waals surface area contributed by atoms with Crippen LogP contribution in [-0.2, 0) is 4.79 Å². The van der Waals surface area contributed by atoms with E-state index < -0.39 is 0 Å². The van der Waals surface area contributed by atoms with Gasteiger partial charge in [-0.25, -0.2) is 4.98 Å². The number of nitrogens with zero attached hydrogens (tertiary/aromatic N) is 4. The van der Waals surface area contributed by atoms with Gasteiger partial charge in [0.2, 0.25) is 5.91 Å². The van der Waals surface area contributed by atoms with Gasteiger partial charge in [-0.1, -0.05) is 29.3 Å². The van der Waals surface area contributed by atoms with Crippen molar-refractivity contribution < 1.29 is 4.79 Å². The lowest BCUT2D eigenvalue weighted by Crippen LogP contribution is -2.52. The number of pyridine rings is 1. The maximum Gasteiger partial charge on any atom is 0.241 e. The molecule has 6 nitrogen and oxygen atoms in total. The summed E-state index contributed by atoms with van der Waals surface area (Å²) in [5.74, 6) is 1.60. The van der Waals surface area contributed by atoms with E-state index in [1.54, 1.807) is 18.2 Å². The molecule has 2 saturated heterocycles.